The summed E-state index contributed by atoms with van der Waals surface area (Å²) in [5.41, 5.74) is 0.601. The summed E-state index contributed by atoms with van der Waals surface area (Å²) < 4.78 is 4.54. The van der Waals surface area contributed by atoms with E-state index in [1.54, 1.807) is 25.1 Å². The van der Waals surface area contributed by atoms with E-state index in [0.29, 0.717) is 15.7 Å². The molecule has 0 saturated carbocycles. The van der Waals surface area contributed by atoms with Gasteiger partial charge < -0.3 is 20.5 Å². The van der Waals surface area contributed by atoms with Crippen LogP contribution in [0, 0.1) is 0 Å². The minimum absolute atomic E-state index is 0.357. The van der Waals surface area contributed by atoms with Crippen LogP contribution in [-0.2, 0) is 14.3 Å². The van der Waals surface area contributed by atoms with Crippen LogP contribution >= 0.6 is 23.2 Å². The number of ether oxygens (including phenoxy) is 1. The zero-order chi connectivity index (χ0) is 16.9. The molecule has 0 aliphatic carbocycles. The second kappa shape index (κ2) is 8.22. The van der Waals surface area contributed by atoms with Crippen molar-refractivity contribution in [1.29, 1.82) is 0 Å². The van der Waals surface area contributed by atoms with Crippen molar-refractivity contribution in [2.24, 2.45) is 0 Å². The first-order chi connectivity index (χ1) is 10.3. The summed E-state index contributed by atoms with van der Waals surface area (Å²) in [6.07, 6.45) is -1.08. The molecule has 3 atom stereocenters. The average Bonchev–Trinajstić information content (AvgIpc) is 2.47. The summed E-state index contributed by atoms with van der Waals surface area (Å²) in [4.78, 5) is 23.6. The summed E-state index contributed by atoms with van der Waals surface area (Å²) in [6.45, 7) is 2.99. The van der Waals surface area contributed by atoms with Crippen molar-refractivity contribution in [3.05, 3.63) is 28.2 Å². The second-order valence-electron chi connectivity index (χ2n) is 4.74. The molecule has 0 saturated heterocycles. The van der Waals surface area contributed by atoms with Gasteiger partial charge in [0, 0.05) is 5.69 Å². The molecule has 0 aromatic heterocycles. The van der Waals surface area contributed by atoms with Crippen LogP contribution in [0.4, 0.5) is 5.69 Å². The molecule has 8 heteroatoms. The molecule has 6 nitrogen and oxygen atoms in total. The van der Waals surface area contributed by atoms with Crippen LogP contribution < -0.4 is 10.6 Å². The average molecular weight is 349 g/mol. The fourth-order valence-electron chi connectivity index (χ4n) is 1.68. The van der Waals surface area contributed by atoms with Crippen LogP contribution in [0.25, 0.3) is 0 Å². The Morgan fingerprint density at radius 1 is 1.23 bits per heavy atom. The molecule has 0 fully saturated rings. The van der Waals surface area contributed by atoms with E-state index < -0.39 is 30.1 Å². The molecule has 1 aromatic carbocycles. The molecule has 0 aliphatic heterocycles. The Morgan fingerprint density at radius 2 is 1.86 bits per heavy atom. The van der Waals surface area contributed by atoms with Gasteiger partial charge in [-0.1, -0.05) is 23.2 Å². The van der Waals surface area contributed by atoms with Crippen molar-refractivity contribution >= 4 is 40.8 Å². The number of aliphatic hydroxyl groups is 1. The van der Waals surface area contributed by atoms with E-state index in [4.69, 9.17) is 23.2 Å². The number of aliphatic hydroxyl groups excluding tert-OH is 1. The fourth-order valence-corrected chi connectivity index (χ4v) is 1.98. The third-order valence-corrected chi connectivity index (χ3v) is 3.67. The number of benzene rings is 1. The van der Waals surface area contributed by atoms with Crippen LogP contribution in [0.2, 0.25) is 10.0 Å². The van der Waals surface area contributed by atoms with Crippen LogP contribution in [0.15, 0.2) is 18.2 Å². The molecule has 1 rings (SSSR count). The Bertz CT molecular complexity index is 552. The maximum atomic E-state index is 12.1. The number of carbonyl (C=O) groups is 2. The van der Waals surface area contributed by atoms with Gasteiger partial charge in [0.25, 0.3) is 0 Å². The topological polar surface area (TPSA) is 87.7 Å². The molecule has 0 bridgehead atoms. The molecule has 22 heavy (non-hydrogen) atoms. The molecular formula is C14H18Cl2N2O4. The van der Waals surface area contributed by atoms with E-state index in [-0.39, 0.29) is 0 Å². The lowest BCUT2D eigenvalue weighted by Crippen LogP contribution is -2.52. The minimum Gasteiger partial charge on any atom is -0.467 e. The molecule has 0 heterocycles. The number of anilines is 1. The standard InChI is InChI=1S/C14H18Cl2N2O4/c1-7(17-9-4-5-10(15)11(16)6-9)13(20)18-12(8(2)19)14(21)22-3/h4-8,12,17,19H,1-3H3,(H,18,20)/t7-,8?,12-/m0/s1. The van der Waals surface area contributed by atoms with Gasteiger partial charge in [-0.2, -0.15) is 0 Å². The molecule has 0 spiro atoms. The van der Waals surface area contributed by atoms with Gasteiger partial charge in [-0.3, -0.25) is 4.79 Å². The Hall–Kier alpha value is -1.50. The van der Waals surface area contributed by atoms with Gasteiger partial charge >= 0.3 is 5.97 Å². The zero-order valence-corrected chi connectivity index (χ0v) is 13.9. The Kier molecular flexibility index (Phi) is 6.93. The SMILES string of the molecule is COC(=O)[C@@H](NC(=O)[C@H](C)Nc1ccc(Cl)c(Cl)c1)C(C)O. The monoisotopic (exact) mass is 348 g/mol. The summed E-state index contributed by atoms with van der Waals surface area (Å²) in [5.74, 6) is -1.19. The maximum absolute atomic E-state index is 12.1. The zero-order valence-electron chi connectivity index (χ0n) is 12.4. The van der Waals surface area contributed by atoms with Crippen LogP contribution in [0.5, 0.6) is 0 Å². The first kappa shape index (κ1) is 18.5. The number of amides is 1. The highest BCUT2D eigenvalue weighted by Crippen LogP contribution is 2.25. The van der Waals surface area contributed by atoms with Gasteiger partial charge in [0.2, 0.25) is 5.91 Å². The molecule has 1 unspecified atom stereocenters. The predicted molar refractivity (Wildman–Crippen MR) is 85.2 cm³/mol. The molecule has 0 radical (unpaired) electrons. The highest BCUT2D eigenvalue weighted by Gasteiger charge is 2.28. The van der Waals surface area contributed by atoms with Crippen LogP contribution in [-0.4, -0.2) is 42.3 Å². The number of methoxy groups -OCH3 is 1. The van der Waals surface area contributed by atoms with E-state index in [1.165, 1.54) is 14.0 Å². The number of halogens is 2. The van der Waals surface area contributed by atoms with E-state index in [1.807, 2.05) is 0 Å². The molecule has 3 N–H and O–H groups in total. The first-order valence-corrected chi connectivity index (χ1v) is 7.29. The molecule has 1 amide bonds. The Labute approximate surface area is 138 Å². The lowest BCUT2D eigenvalue weighted by atomic mass is 10.1. The number of hydrogen-bond donors (Lipinski definition) is 3. The van der Waals surface area contributed by atoms with Crippen molar-refractivity contribution in [1.82, 2.24) is 5.32 Å². The van der Waals surface area contributed by atoms with Gasteiger partial charge in [-0.15, -0.1) is 0 Å². The number of hydrogen-bond acceptors (Lipinski definition) is 5. The highest BCUT2D eigenvalue weighted by atomic mass is 35.5. The third-order valence-electron chi connectivity index (χ3n) is 2.93. The van der Waals surface area contributed by atoms with E-state index >= 15 is 0 Å². The minimum atomic E-state index is -1.13. The highest BCUT2D eigenvalue weighted by molar-refractivity contribution is 6.42. The van der Waals surface area contributed by atoms with Crippen molar-refractivity contribution in [2.45, 2.75) is 32.0 Å². The van der Waals surface area contributed by atoms with E-state index in [0.717, 1.165) is 0 Å². The smallest absolute Gasteiger partial charge is 0.331 e. The third kappa shape index (κ3) is 5.05. The lowest BCUT2D eigenvalue weighted by Gasteiger charge is -2.22. The number of carbonyl (C=O) groups excluding carboxylic acids is 2. The van der Waals surface area contributed by atoms with Crippen molar-refractivity contribution in [2.75, 3.05) is 12.4 Å². The number of rotatable bonds is 6. The summed E-state index contributed by atoms with van der Waals surface area (Å²) in [5, 5.41) is 15.6. The van der Waals surface area contributed by atoms with Crippen molar-refractivity contribution in [3.8, 4) is 0 Å². The Morgan fingerprint density at radius 3 is 2.36 bits per heavy atom. The molecule has 122 valence electrons. The fraction of sp³-hybridized carbons (Fsp3) is 0.429. The van der Waals surface area contributed by atoms with Crippen LogP contribution in [0.3, 0.4) is 0 Å². The summed E-state index contributed by atoms with van der Waals surface area (Å²) >= 11 is 11.7. The van der Waals surface area contributed by atoms with Crippen LogP contribution in [0.1, 0.15) is 13.8 Å². The predicted octanol–water partition coefficient (Wildman–Crippen LogP) is 1.83. The number of esters is 1. The van der Waals surface area contributed by atoms with Gasteiger partial charge in [0.15, 0.2) is 6.04 Å². The Balaban J connectivity index is 2.71. The largest absolute Gasteiger partial charge is 0.467 e. The van der Waals surface area contributed by atoms with Gasteiger partial charge in [-0.05, 0) is 32.0 Å². The molecular weight excluding hydrogens is 331 g/mol. The lowest BCUT2D eigenvalue weighted by molar-refractivity contribution is -0.148. The summed E-state index contributed by atoms with van der Waals surface area (Å²) in [7, 11) is 1.18. The molecule has 1 aromatic rings. The van der Waals surface area contributed by atoms with Gasteiger partial charge in [0.1, 0.15) is 6.04 Å². The van der Waals surface area contributed by atoms with E-state index in [9.17, 15) is 14.7 Å². The quantitative estimate of drug-likeness (QED) is 0.682. The van der Waals surface area contributed by atoms with Gasteiger partial charge in [-0.25, -0.2) is 4.79 Å². The first-order valence-electron chi connectivity index (χ1n) is 6.54. The molecule has 0 aliphatic rings. The van der Waals surface area contributed by atoms with Crippen molar-refractivity contribution < 1.29 is 19.4 Å². The maximum Gasteiger partial charge on any atom is 0.331 e. The van der Waals surface area contributed by atoms with Gasteiger partial charge in [0.05, 0.1) is 23.3 Å². The second-order valence-corrected chi connectivity index (χ2v) is 5.56. The number of nitrogens with one attached hydrogen (secondary N) is 2. The normalized spacial score (nSPS) is 14.6. The van der Waals surface area contributed by atoms with E-state index in [2.05, 4.69) is 15.4 Å². The summed E-state index contributed by atoms with van der Waals surface area (Å²) in [6, 6.07) is 3.06. The van der Waals surface area contributed by atoms with Crippen molar-refractivity contribution in [3.63, 3.8) is 0 Å².